The lowest BCUT2D eigenvalue weighted by molar-refractivity contribution is -0.152. The van der Waals surface area contributed by atoms with Crippen molar-refractivity contribution in [2.24, 2.45) is 11.5 Å². The molecule has 1 fully saturated rings. The van der Waals surface area contributed by atoms with Crippen LogP contribution in [-0.4, -0.2) is 83.1 Å². The highest BCUT2D eigenvalue weighted by Crippen LogP contribution is 2.37. The van der Waals surface area contributed by atoms with Gasteiger partial charge < -0.3 is 41.8 Å². The number of methoxy groups -OCH3 is 1. The zero-order valence-corrected chi connectivity index (χ0v) is 26.7. The molecule has 0 radical (unpaired) electrons. The summed E-state index contributed by atoms with van der Waals surface area (Å²) in [6.07, 6.45) is 0.488. The van der Waals surface area contributed by atoms with Crippen LogP contribution in [0, 0.1) is 22.7 Å². The Kier molecular flexibility index (Phi) is 13.7. The number of hydrogen-bond donors (Lipinski definition) is 5. The standard InChI is InChI=1S/C26H31ClN12O4.2ClH/c1-3-32-22-23-33-12-15(11-30)39(23)37-25(36-22)34-18-8-14(10-29)9-19(21(18)27)38-7-5-17(35-26(41)42-2)20(13-38)43-24(40)16(31)4-6-28;;/h8-9,12,16-17,20H,3-7,13,28,31H2,1-2H3,(H,35,41)(H2,32,34,36,37);2*1H/t16-,17+,20+;;/m0../s1. The number of esters is 1. The minimum absolute atomic E-state index is 0. The zero-order valence-electron chi connectivity index (χ0n) is 24.3. The summed E-state index contributed by atoms with van der Waals surface area (Å²) < 4.78 is 11.8. The van der Waals surface area contributed by atoms with Crippen LogP contribution in [0.2, 0.25) is 5.02 Å². The lowest BCUT2D eigenvalue weighted by atomic mass is 10.00. The highest BCUT2D eigenvalue weighted by Gasteiger charge is 2.35. The predicted octanol–water partition coefficient (Wildman–Crippen LogP) is 2.06. The van der Waals surface area contributed by atoms with Gasteiger partial charge in [-0.05, 0) is 38.4 Å². The van der Waals surface area contributed by atoms with E-state index in [-0.39, 0.29) is 66.6 Å². The summed E-state index contributed by atoms with van der Waals surface area (Å²) in [4.78, 5) is 35.2. The number of nitrogens with two attached hydrogens (primary N) is 2. The molecule has 1 saturated heterocycles. The van der Waals surface area contributed by atoms with Crippen LogP contribution in [-0.2, 0) is 14.3 Å². The molecule has 4 rings (SSSR count). The number of benzene rings is 1. The van der Waals surface area contributed by atoms with Gasteiger partial charge in [-0.2, -0.15) is 20.0 Å². The lowest BCUT2D eigenvalue weighted by Gasteiger charge is -2.40. The van der Waals surface area contributed by atoms with Crippen LogP contribution in [0.3, 0.4) is 0 Å². The van der Waals surface area contributed by atoms with Crippen LogP contribution in [0.5, 0.6) is 0 Å². The summed E-state index contributed by atoms with van der Waals surface area (Å²) in [6.45, 7) is 3.14. The maximum atomic E-state index is 12.7. The largest absolute Gasteiger partial charge is 0.457 e. The van der Waals surface area contributed by atoms with Crippen LogP contribution >= 0.6 is 36.4 Å². The summed E-state index contributed by atoms with van der Waals surface area (Å²) >= 11 is 6.88. The van der Waals surface area contributed by atoms with E-state index in [1.165, 1.54) is 17.8 Å². The second-order valence-electron chi connectivity index (χ2n) is 9.54. The number of nitriles is 2. The molecule has 0 saturated carbocycles. The second kappa shape index (κ2) is 16.7. The van der Waals surface area contributed by atoms with Crippen molar-refractivity contribution in [3.05, 3.63) is 34.6 Å². The number of hydrogen-bond acceptors (Lipinski definition) is 14. The Labute approximate surface area is 276 Å². The number of ether oxygens (including phenoxy) is 2. The van der Waals surface area contributed by atoms with E-state index in [1.807, 2.05) is 17.9 Å². The minimum Gasteiger partial charge on any atom is -0.457 e. The molecule has 0 unspecified atom stereocenters. The number of carbonyl (C=O) groups excluding carboxylic acids is 2. The van der Waals surface area contributed by atoms with Gasteiger partial charge in [-0.15, -0.1) is 29.9 Å². The van der Waals surface area contributed by atoms with Gasteiger partial charge in [0.15, 0.2) is 17.2 Å². The van der Waals surface area contributed by atoms with Gasteiger partial charge in [0.25, 0.3) is 0 Å². The molecule has 0 spiro atoms. The Morgan fingerprint density at radius 2 is 2.02 bits per heavy atom. The van der Waals surface area contributed by atoms with E-state index in [9.17, 15) is 20.1 Å². The fourth-order valence-corrected chi connectivity index (χ4v) is 4.85. The number of carbonyl (C=O) groups is 2. The minimum atomic E-state index is -0.929. The molecule has 7 N–H and O–H groups in total. The number of fused-ring (bicyclic) bond motifs is 1. The second-order valence-corrected chi connectivity index (χ2v) is 9.91. The first-order valence-corrected chi connectivity index (χ1v) is 13.8. The van der Waals surface area contributed by atoms with Crippen LogP contribution < -0.4 is 32.3 Å². The van der Waals surface area contributed by atoms with E-state index >= 15 is 0 Å². The van der Waals surface area contributed by atoms with E-state index in [2.05, 4.69) is 37.1 Å². The Morgan fingerprint density at radius 3 is 2.67 bits per heavy atom. The van der Waals surface area contributed by atoms with Gasteiger partial charge >= 0.3 is 12.1 Å². The van der Waals surface area contributed by atoms with Crippen molar-refractivity contribution < 1.29 is 19.1 Å². The summed E-state index contributed by atoms with van der Waals surface area (Å²) in [7, 11) is 1.24. The molecule has 3 heterocycles. The quantitative estimate of drug-likeness (QED) is 0.193. The molecule has 45 heavy (non-hydrogen) atoms. The molecule has 3 atom stereocenters. The van der Waals surface area contributed by atoms with E-state index in [0.717, 1.165) is 0 Å². The molecule has 0 aliphatic carbocycles. The predicted molar refractivity (Wildman–Crippen MR) is 171 cm³/mol. The first kappa shape index (κ1) is 36.9. The van der Waals surface area contributed by atoms with Crippen molar-refractivity contribution in [1.82, 2.24) is 24.9 Å². The Morgan fingerprint density at radius 1 is 1.27 bits per heavy atom. The average Bonchev–Trinajstić information content (AvgIpc) is 3.42. The number of amides is 1. The summed E-state index contributed by atoms with van der Waals surface area (Å²) in [5.74, 6) is -0.164. The van der Waals surface area contributed by atoms with Gasteiger partial charge in [-0.3, -0.25) is 4.79 Å². The fraction of sp³-hybridized carbons (Fsp3) is 0.423. The van der Waals surface area contributed by atoms with E-state index in [1.54, 1.807) is 12.1 Å². The lowest BCUT2D eigenvalue weighted by Crippen LogP contribution is -2.56. The van der Waals surface area contributed by atoms with Crippen molar-refractivity contribution in [1.29, 1.82) is 10.5 Å². The SMILES string of the molecule is CCNc1nc(Nc2cc(C#N)cc(N3CC[C@@H](NC(=O)OC)[C@H](OC(=O)[C@@H](N)CCN)C3)c2Cl)nn2c(C#N)cnc12.Cl.Cl. The highest BCUT2D eigenvalue weighted by molar-refractivity contribution is 6.36. The van der Waals surface area contributed by atoms with Gasteiger partial charge in [0.05, 0.1) is 53.9 Å². The van der Waals surface area contributed by atoms with Crippen molar-refractivity contribution >= 4 is 77.3 Å². The third-order valence-electron chi connectivity index (χ3n) is 6.69. The van der Waals surface area contributed by atoms with Crippen molar-refractivity contribution in [2.45, 2.75) is 38.0 Å². The fourth-order valence-electron chi connectivity index (χ4n) is 4.58. The Bertz CT molecular complexity index is 1590. The van der Waals surface area contributed by atoms with Crippen molar-refractivity contribution in [3.8, 4) is 12.1 Å². The molecule has 16 nitrogen and oxygen atoms in total. The number of anilines is 4. The summed E-state index contributed by atoms with van der Waals surface area (Å²) in [5.41, 5.74) is 13.1. The van der Waals surface area contributed by atoms with Crippen molar-refractivity contribution in [2.75, 3.05) is 48.8 Å². The van der Waals surface area contributed by atoms with Crippen LogP contribution in [0.1, 0.15) is 31.0 Å². The summed E-state index contributed by atoms with van der Waals surface area (Å²) in [6, 6.07) is 5.82. The maximum absolute atomic E-state index is 12.7. The van der Waals surface area contributed by atoms with E-state index in [0.29, 0.717) is 42.4 Å². The molecule has 3 aromatic rings. The number of rotatable bonds is 10. The number of nitrogens with zero attached hydrogens (tertiary/aromatic N) is 7. The number of piperidine rings is 1. The van der Waals surface area contributed by atoms with E-state index < -0.39 is 30.3 Å². The number of halogens is 3. The molecule has 0 bridgehead atoms. The zero-order chi connectivity index (χ0) is 31.1. The smallest absolute Gasteiger partial charge is 0.407 e. The molecular weight excluding hydrogens is 651 g/mol. The number of imidazole rings is 1. The normalized spacial score (nSPS) is 16.2. The Balaban J connectivity index is 0.00000353. The molecule has 19 heteroatoms. The molecule has 1 aliphatic rings. The summed E-state index contributed by atoms with van der Waals surface area (Å²) in [5, 5.41) is 32.8. The average molecular weight is 684 g/mol. The Hall–Kier alpha value is -4.32. The van der Waals surface area contributed by atoms with Gasteiger partial charge in [0, 0.05) is 13.1 Å². The van der Waals surface area contributed by atoms with Gasteiger partial charge in [0.1, 0.15) is 18.2 Å². The highest BCUT2D eigenvalue weighted by atomic mass is 35.5. The number of aromatic nitrogens is 4. The number of alkyl carbamates (subject to hydrolysis) is 1. The third-order valence-corrected chi connectivity index (χ3v) is 7.08. The topological polar surface area (TPSA) is 235 Å². The van der Waals surface area contributed by atoms with Gasteiger partial charge in [-0.25, -0.2) is 9.78 Å². The van der Waals surface area contributed by atoms with Crippen LogP contribution in [0.15, 0.2) is 18.3 Å². The molecule has 1 amide bonds. The van der Waals surface area contributed by atoms with E-state index in [4.69, 9.17) is 32.5 Å². The third kappa shape index (κ3) is 8.44. The first-order valence-electron chi connectivity index (χ1n) is 13.4. The monoisotopic (exact) mass is 682 g/mol. The maximum Gasteiger partial charge on any atom is 0.407 e. The van der Waals surface area contributed by atoms with Crippen LogP contribution in [0.4, 0.5) is 27.9 Å². The molecule has 1 aromatic carbocycles. The molecule has 242 valence electrons. The van der Waals surface area contributed by atoms with Crippen molar-refractivity contribution in [3.63, 3.8) is 0 Å². The number of nitrogens with one attached hydrogen (secondary N) is 3. The first-order chi connectivity index (χ1) is 20.7. The molecular formula is C26H33Cl3N12O4. The molecule has 1 aliphatic heterocycles. The van der Waals surface area contributed by atoms with Crippen LogP contribution in [0.25, 0.3) is 5.65 Å². The van der Waals surface area contributed by atoms with Gasteiger partial charge in [-0.1, -0.05) is 11.6 Å². The molecule has 2 aromatic heterocycles. The van der Waals surface area contributed by atoms with Gasteiger partial charge in [0.2, 0.25) is 5.95 Å².